The lowest BCUT2D eigenvalue weighted by Crippen LogP contribution is -2.14. The van der Waals surface area contributed by atoms with Crippen molar-refractivity contribution in [3.05, 3.63) is 18.1 Å². The van der Waals surface area contributed by atoms with E-state index in [-0.39, 0.29) is 0 Å². The molecule has 0 bridgehead atoms. The monoisotopic (exact) mass is 208 g/mol. The van der Waals surface area contributed by atoms with Gasteiger partial charge in [-0.15, -0.1) is 0 Å². The van der Waals surface area contributed by atoms with Crippen LogP contribution in [-0.2, 0) is 0 Å². The largest absolute Gasteiger partial charge is 0.369 e. The van der Waals surface area contributed by atoms with E-state index in [1.807, 2.05) is 6.07 Å². The van der Waals surface area contributed by atoms with E-state index in [9.17, 15) is 0 Å². The van der Waals surface area contributed by atoms with Crippen LogP contribution in [0.4, 0.5) is 5.82 Å². The minimum Gasteiger partial charge on any atom is -0.369 e. The Morgan fingerprint density at radius 1 is 1.33 bits per heavy atom. The molecule has 0 saturated heterocycles. The molecule has 1 heterocycles. The van der Waals surface area contributed by atoms with Gasteiger partial charge in [-0.1, -0.05) is 13.8 Å². The fourth-order valence-corrected chi connectivity index (χ4v) is 1.60. The Kier molecular flexibility index (Phi) is 5.04. The minimum absolute atomic E-state index is 0.534. The summed E-state index contributed by atoms with van der Waals surface area (Å²) in [5.41, 5.74) is 6.54. The van der Waals surface area contributed by atoms with Gasteiger partial charge in [0.25, 0.3) is 0 Å². The Bertz CT molecular complexity index is 284. The summed E-state index contributed by atoms with van der Waals surface area (Å²) in [6.45, 7) is 5.73. The zero-order chi connectivity index (χ0) is 11.1. The quantitative estimate of drug-likeness (QED) is 0.747. The molecule has 0 amide bonds. The SMILES string of the molecule is CCC(CC)c1cc(NCCN)ncn1. The topological polar surface area (TPSA) is 63.8 Å². The van der Waals surface area contributed by atoms with E-state index in [0.29, 0.717) is 12.5 Å². The minimum atomic E-state index is 0.534. The highest BCUT2D eigenvalue weighted by Crippen LogP contribution is 2.21. The Hall–Kier alpha value is -1.16. The predicted octanol–water partition coefficient (Wildman–Crippen LogP) is 1.75. The molecule has 15 heavy (non-hydrogen) atoms. The van der Waals surface area contributed by atoms with Crippen molar-refractivity contribution in [3.63, 3.8) is 0 Å². The van der Waals surface area contributed by atoms with Crippen LogP contribution >= 0.6 is 0 Å². The molecular weight excluding hydrogens is 188 g/mol. The molecule has 1 rings (SSSR count). The second-order valence-corrected chi connectivity index (χ2v) is 3.56. The summed E-state index contributed by atoms with van der Waals surface area (Å²) >= 11 is 0. The number of nitrogens with zero attached hydrogens (tertiary/aromatic N) is 2. The van der Waals surface area contributed by atoms with Crippen LogP contribution in [-0.4, -0.2) is 23.1 Å². The first kappa shape index (κ1) is 11.9. The van der Waals surface area contributed by atoms with E-state index >= 15 is 0 Å². The first-order chi connectivity index (χ1) is 7.31. The predicted molar refractivity (Wildman–Crippen MR) is 62.9 cm³/mol. The molecule has 0 radical (unpaired) electrons. The van der Waals surface area contributed by atoms with Crippen LogP contribution in [0, 0.1) is 0 Å². The van der Waals surface area contributed by atoms with Crippen molar-refractivity contribution in [1.29, 1.82) is 0 Å². The third-order valence-corrected chi connectivity index (χ3v) is 2.54. The summed E-state index contributed by atoms with van der Waals surface area (Å²) in [6, 6.07) is 2.02. The number of hydrogen-bond acceptors (Lipinski definition) is 4. The van der Waals surface area contributed by atoms with Crippen LogP contribution in [0.3, 0.4) is 0 Å². The maximum atomic E-state index is 5.42. The Morgan fingerprint density at radius 2 is 2.07 bits per heavy atom. The molecular formula is C11H20N4. The highest BCUT2D eigenvalue weighted by molar-refractivity contribution is 5.35. The third kappa shape index (κ3) is 3.47. The van der Waals surface area contributed by atoms with Gasteiger partial charge in [0.05, 0.1) is 0 Å². The Labute approximate surface area is 91.3 Å². The zero-order valence-electron chi connectivity index (χ0n) is 9.53. The molecule has 0 fully saturated rings. The fourth-order valence-electron chi connectivity index (χ4n) is 1.60. The molecule has 4 nitrogen and oxygen atoms in total. The Morgan fingerprint density at radius 3 is 2.67 bits per heavy atom. The number of aromatic nitrogens is 2. The first-order valence-corrected chi connectivity index (χ1v) is 5.57. The second kappa shape index (κ2) is 6.35. The smallest absolute Gasteiger partial charge is 0.129 e. The van der Waals surface area contributed by atoms with Gasteiger partial charge in [0.2, 0.25) is 0 Å². The zero-order valence-corrected chi connectivity index (χ0v) is 9.53. The van der Waals surface area contributed by atoms with Crippen molar-refractivity contribution in [2.24, 2.45) is 5.73 Å². The van der Waals surface area contributed by atoms with Crippen molar-refractivity contribution < 1.29 is 0 Å². The maximum Gasteiger partial charge on any atom is 0.129 e. The summed E-state index contributed by atoms with van der Waals surface area (Å²) in [5, 5.41) is 3.16. The van der Waals surface area contributed by atoms with E-state index in [1.54, 1.807) is 6.33 Å². The molecule has 1 aromatic rings. The number of hydrogen-bond donors (Lipinski definition) is 2. The van der Waals surface area contributed by atoms with Gasteiger partial charge in [-0.3, -0.25) is 0 Å². The van der Waals surface area contributed by atoms with Gasteiger partial charge < -0.3 is 11.1 Å². The lowest BCUT2D eigenvalue weighted by molar-refractivity contribution is 0.621. The normalized spacial score (nSPS) is 10.7. The maximum absolute atomic E-state index is 5.42. The van der Waals surface area contributed by atoms with Crippen molar-refractivity contribution in [3.8, 4) is 0 Å². The molecule has 0 atom stereocenters. The molecule has 0 spiro atoms. The summed E-state index contributed by atoms with van der Waals surface area (Å²) in [6.07, 6.45) is 3.85. The molecule has 84 valence electrons. The van der Waals surface area contributed by atoms with Gasteiger partial charge in [0.15, 0.2) is 0 Å². The van der Waals surface area contributed by atoms with Crippen molar-refractivity contribution >= 4 is 5.82 Å². The van der Waals surface area contributed by atoms with Crippen LogP contribution < -0.4 is 11.1 Å². The molecule has 0 aromatic carbocycles. The van der Waals surface area contributed by atoms with Gasteiger partial charge in [-0.25, -0.2) is 9.97 Å². The Balaban J connectivity index is 2.72. The molecule has 0 aliphatic heterocycles. The van der Waals surface area contributed by atoms with Crippen LogP contribution in [0.1, 0.15) is 38.3 Å². The average molecular weight is 208 g/mol. The molecule has 1 aromatic heterocycles. The standard InChI is InChI=1S/C11H20N4/c1-3-9(4-2)10-7-11(13-6-5-12)15-8-14-10/h7-9H,3-6,12H2,1-2H3,(H,13,14,15). The fraction of sp³-hybridized carbons (Fsp3) is 0.636. The van der Waals surface area contributed by atoms with E-state index in [2.05, 4.69) is 29.1 Å². The summed E-state index contributed by atoms with van der Waals surface area (Å²) in [4.78, 5) is 8.46. The molecule has 3 N–H and O–H groups in total. The van der Waals surface area contributed by atoms with E-state index in [4.69, 9.17) is 5.73 Å². The third-order valence-electron chi connectivity index (χ3n) is 2.54. The average Bonchev–Trinajstić information content (AvgIpc) is 2.29. The summed E-state index contributed by atoms with van der Waals surface area (Å²) in [5.74, 6) is 1.41. The van der Waals surface area contributed by atoms with Gasteiger partial charge in [0.1, 0.15) is 12.1 Å². The van der Waals surface area contributed by atoms with E-state index in [1.165, 1.54) is 0 Å². The van der Waals surface area contributed by atoms with Gasteiger partial charge >= 0.3 is 0 Å². The highest BCUT2D eigenvalue weighted by atomic mass is 15.0. The molecule has 0 unspecified atom stereocenters. The van der Waals surface area contributed by atoms with Crippen LogP contribution in [0.25, 0.3) is 0 Å². The molecule has 0 aliphatic carbocycles. The van der Waals surface area contributed by atoms with Gasteiger partial charge in [-0.05, 0) is 12.8 Å². The van der Waals surface area contributed by atoms with Crippen LogP contribution in [0.2, 0.25) is 0 Å². The summed E-state index contributed by atoms with van der Waals surface area (Å²) < 4.78 is 0. The van der Waals surface area contributed by atoms with Crippen molar-refractivity contribution in [2.75, 3.05) is 18.4 Å². The number of nitrogens with two attached hydrogens (primary N) is 1. The van der Waals surface area contributed by atoms with Gasteiger partial charge in [0, 0.05) is 30.8 Å². The van der Waals surface area contributed by atoms with Crippen LogP contribution in [0.15, 0.2) is 12.4 Å². The van der Waals surface area contributed by atoms with E-state index in [0.717, 1.165) is 30.9 Å². The number of anilines is 1. The summed E-state index contributed by atoms with van der Waals surface area (Å²) in [7, 11) is 0. The van der Waals surface area contributed by atoms with E-state index < -0.39 is 0 Å². The van der Waals surface area contributed by atoms with Crippen molar-refractivity contribution in [1.82, 2.24) is 9.97 Å². The lowest BCUT2D eigenvalue weighted by atomic mass is 9.99. The molecule has 4 heteroatoms. The van der Waals surface area contributed by atoms with Crippen LogP contribution in [0.5, 0.6) is 0 Å². The number of nitrogens with one attached hydrogen (secondary N) is 1. The first-order valence-electron chi connectivity index (χ1n) is 5.57. The highest BCUT2D eigenvalue weighted by Gasteiger charge is 2.08. The molecule has 0 aliphatic rings. The lowest BCUT2D eigenvalue weighted by Gasteiger charge is -2.12. The van der Waals surface area contributed by atoms with Crippen molar-refractivity contribution in [2.45, 2.75) is 32.6 Å². The second-order valence-electron chi connectivity index (χ2n) is 3.56. The van der Waals surface area contributed by atoms with Gasteiger partial charge in [-0.2, -0.15) is 0 Å². The molecule has 0 saturated carbocycles. The number of rotatable bonds is 6.